The van der Waals surface area contributed by atoms with E-state index in [2.05, 4.69) is 10.6 Å². The van der Waals surface area contributed by atoms with Crippen LogP contribution in [0.4, 0.5) is 10.1 Å². The minimum absolute atomic E-state index is 0.198. The summed E-state index contributed by atoms with van der Waals surface area (Å²) < 4.78 is 18.1. The predicted molar refractivity (Wildman–Crippen MR) is 57.5 cm³/mol. The molecule has 0 saturated carbocycles. The third kappa shape index (κ3) is 3.18. The first-order valence-corrected chi connectivity index (χ1v) is 5.16. The molecule has 1 aliphatic rings. The van der Waals surface area contributed by atoms with Crippen molar-refractivity contribution in [3.05, 3.63) is 30.1 Å². The summed E-state index contributed by atoms with van der Waals surface area (Å²) >= 11 is 0. The SMILES string of the molecule is Fc1ccc(NCC2CNCCO2)cc1. The summed E-state index contributed by atoms with van der Waals surface area (Å²) in [5.41, 5.74) is 0.922. The molecular weight excluding hydrogens is 195 g/mol. The van der Waals surface area contributed by atoms with Crippen LogP contribution in [0.25, 0.3) is 0 Å². The molecule has 1 atom stereocenters. The van der Waals surface area contributed by atoms with Gasteiger partial charge in [0.25, 0.3) is 0 Å². The van der Waals surface area contributed by atoms with Crippen LogP contribution in [-0.2, 0) is 4.74 Å². The number of benzene rings is 1. The Balaban J connectivity index is 1.79. The smallest absolute Gasteiger partial charge is 0.123 e. The molecule has 0 aliphatic carbocycles. The van der Waals surface area contributed by atoms with Gasteiger partial charge < -0.3 is 15.4 Å². The molecule has 82 valence electrons. The van der Waals surface area contributed by atoms with E-state index in [4.69, 9.17) is 4.74 Å². The van der Waals surface area contributed by atoms with Gasteiger partial charge in [0.1, 0.15) is 5.82 Å². The normalized spacial score (nSPS) is 21.3. The van der Waals surface area contributed by atoms with Gasteiger partial charge in [0, 0.05) is 25.3 Å². The van der Waals surface area contributed by atoms with Crippen LogP contribution in [0.2, 0.25) is 0 Å². The largest absolute Gasteiger partial charge is 0.382 e. The van der Waals surface area contributed by atoms with Gasteiger partial charge in [0.05, 0.1) is 12.7 Å². The number of hydrogen-bond acceptors (Lipinski definition) is 3. The summed E-state index contributed by atoms with van der Waals surface area (Å²) in [6.45, 7) is 3.30. The highest BCUT2D eigenvalue weighted by Crippen LogP contribution is 2.08. The molecule has 3 nitrogen and oxygen atoms in total. The van der Waals surface area contributed by atoms with Crippen LogP contribution in [-0.4, -0.2) is 32.3 Å². The van der Waals surface area contributed by atoms with E-state index >= 15 is 0 Å². The lowest BCUT2D eigenvalue weighted by Gasteiger charge is -2.24. The van der Waals surface area contributed by atoms with Crippen molar-refractivity contribution in [3.63, 3.8) is 0 Å². The summed E-state index contributed by atoms with van der Waals surface area (Å²) in [6, 6.07) is 6.35. The van der Waals surface area contributed by atoms with Crippen LogP contribution in [0.1, 0.15) is 0 Å². The van der Waals surface area contributed by atoms with Crippen LogP contribution >= 0.6 is 0 Å². The summed E-state index contributed by atoms with van der Waals surface area (Å²) in [7, 11) is 0. The van der Waals surface area contributed by atoms with Gasteiger partial charge >= 0.3 is 0 Å². The Labute approximate surface area is 88.6 Å². The molecule has 1 saturated heterocycles. The van der Waals surface area contributed by atoms with E-state index in [0.29, 0.717) is 0 Å². The minimum atomic E-state index is -0.212. The molecular formula is C11H15FN2O. The third-order valence-electron chi connectivity index (χ3n) is 2.38. The fourth-order valence-electron chi connectivity index (χ4n) is 1.55. The molecule has 0 radical (unpaired) electrons. The Kier molecular flexibility index (Phi) is 3.53. The Morgan fingerprint density at radius 2 is 2.20 bits per heavy atom. The van der Waals surface area contributed by atoms with Gasteiger partial charge in [-0.3, -0.25) is 0 Å². The van der Waals surface area contributed by atoms with Crippen molar-refractivity contribution < 1.29 is 9.13 Å². The standard InChI is InChI=1S/C11H15FN2O/c12-9-1-3-10(4-2-9)14-8-11-7-13-5-6-15-11/h1-4,11,13-14H,5-8H2. The first-order valence-electron chi connectivity index (χ1n) is 5.16. The number of anilines is 1. The molecule has 2 rings (SSSR count). The molecule has 15 heavy (non-hydrogen) atoms. The van der Waals surface area contributed by atoms with Gasteiger partial charge in [-0.2, -0.15) is 0 Å². The highest BCUT2D eigenvalue weighted by Gasteiger charge is 2.12. The van der Waals surface area contributed by atoms with Crippen molar-refractivity contribution in [1.29, 1.82) is 0 Å². The number of ether oxygens (including phenoxy) is 1. The second-order valence-corrected chi connectivity index (χ2v) is 3.58. The van der Waals surface area contributed by atoms with Crippen molar-refractivity contribution >= 4 is 5.69 Å². The molecule has 1 unspecified atom stereocenters. The molecule has 1 fully saturated rings. The molecule has 2 N–H and O–H groups in total. The van der Waals surface area contributed by atoms with Gasteiger partial charge in [0.2, 0.25) is 0 Å². The maximum Gasteiger partial charge on any atom is 0.123 e. The van der Waals surface area contributed by atoms with E-state index in [1.165, 1.54) is 12.1 Å². The van der Waals surface area contributed by atoms with Crippen LogP contribution in [0.5, 0.6) is 0 Å². The average Bonchev–Trinajstić information content (AvgIpc) is 2.30. The first kappa shape index (κ1) is 10.4. The third-order valence-corrected chi connectivity index (χ3v) is 2.38. The molecule has 4 heteroatoms. The fourth-order valence-corrected chi connectivity index (χ4v) is 1.55. The van der Waals surface area contributed by atoms with Crippen molar-refractivity contribution in [2.75, 3.05) is 31.6 Å². The van der Waals surface area contributed by atoms with Gasteiger partial charge in [-0.1, -0.05) is 0 Å². The van der Waals surface area contributed by atoms with E-state index < -0.39 is 0 Å². The summed E-state index contributed by atoms with van der Waals surface area (Å²) in [5, 5.41) is 6.47. The average molecular weight is 210 g/mol. The van der Waals surface area contributed by atoms with Gasteiger partial charge in [0.15, 0.2) is 0 Å². The van der Waals surface area contributed by atoms with E-state index in [9.17, 15) is 4.39 Å². The summed E-state index contributed by atoms with van der Waals surface area (Å²) in [5.74, 6) is -0.212. The molecule has 1 aromatic carbocycles. The number of rotatable bonds is 3. The van der Waals surface area contributed by atoms with Crippen molar-refractivity contribution in [1.82, 2.24) is 5.32 Å². The van der Waals surface area contributed by atoms with Crippen molar-refractivity contribution in [2.45, 2.75) is 6.10 Å². The number of morpholine rings is 1. The zero-order chi connectivity index (χ0) is 10.5. The van der Waals surface area contributed by atoms with Crippen LogP contribution in [0, 0.1) is 5.82 Å². The lowest BCUT2D eigenvalue weighted by atomic mass is 10.2. The molecule has 1 aliphatic heterocycles. The van der Waals surface area contributed by atoms with Gasteiger partial charge in [-0.25, -0.2) is 4.39 Å². The predicted octanol–water partition coefficient (Wildman–Crippen LogP) is 1.23. The molecule has 0 aromatic heterocycles. The highest BCUT2D eigenvalue weighted by atomic mass is 19.1. The Morgan fingerprint density at radius 3 is 2.87 bits per heavy atom. The highest BCUT2D eigenvalue weighted by molar-refractivity contribution is 5.42. The van der Waals surface area contributed by atoms with E-state index in [1.807, 2.05) is 0 Å². The molecule has 0 amide bonds. The molecule has 1 aromatic rings. The van der Waals surface area contributed by atoms with Crippen LogP contribution < -0.4 is 10.6 Å². The van der Waals surface area contributed by atoms with E-state index in [1.54, 1.807) is 12.1 Å². The van der Waals surface area contributed by atoms with Crippen LogP contribution in [0.3, 0.4) is 0 Å². The monoisotopic (exact) mass is 210 g/mol. The maximum absolute atomic E-state index is 12.6. The van der Waals surface area contributed by atoms with Gasteiger partial charge in [-0.05, 0) is 24.3 Å². The van der Waals surface area contributed by atoms with Crippen LogP contribution in [0.15, 0.2) is 24.3 Å². The van der Waals surface area contributed by atoms with E-state index in [0.717, 1.165) is 31.9 Å². The van der Waals surface area contributed by atoms with Crippen molar-refractivity contribution in [3.8, 4) is 0 Å². The topological polar surface area (TPSA) is 33.3 Å². The number of nitrogens with one attached hydrogen (secondary N) is 2. The summed E-state index contributed by atoms with van der Waals surface area (Å²) in [4.78, 5) is 0. The zero-order valence-electron chi connectivity index (χ0n) is 8.50. The quantitative estimate of drug-likeness (QED) is 0.787. The Hall–Kier alpha value is -1.13. The van der Waals surface area contributed by atoms with Crippen molar-refractivity contribution in [2.24, 2.45) is 0 Å². The molecule has 0 spiro atoms. The van der Waals surface area contributed by atoms with E-state index in [-0.39, 0.29) is 11.9 Å². The minimum Gasteiger partial charge on any atom is -0.382 e. The molecule has 1 heterocycles. The summed E-state index contributed by atoms with van der Waals surface area (Å²) in [6.07, 6.45) is 0.198. The Morgan fingerprint density at radius 1 is 1.40 bits per heavy atom. The number of halogens is 1. The maximum atomic E-state index is 12.6. The lowest BCUT2D eigenvalue weighted by molar-refractivity contribution is 0.0372. The lowest BCUT2D eigenvalue weighted by Crippen LogP contribution is -2.42. The first-order chi connectivity index (χ1) is 7.34. The fraction of sp³-hybridized carbons (Fsp3) is 0.455. The second-order valence-electron chi connectivity index (χ2n) is 3.58. The number of hydrogen-bond donors (Lipinski definition) is 2. The zero-order valence-corrected chi connectivity index (χ0v) is 8.50. The Bertz CT molecular complexity index is 296. The van der Waals surface area contributed by atoms with Gasteiger partial charge in [-0.15, -0.1) is 0 Å². The second kappa shape index (κ2) is 5.09. The molecule has 0 bridgehead atoms.